The van der Waals surface area contributed by atoms with Crippen molar-refractivity contribution in [2.75, 3.05) is 13.2 Å². The summed E-state index contributed by atoms with van der Waals surface area (Å²) in [4.78, 5) is 34.3. The first-order chi connectivity index (χ1) is 12.1. The molecule has 0 atom stereocenters. The maximum Gasteiger partial charge on any atom is 0.407 e. The highest BCUT2D eigenvalue weighted by Crippen LogP contribution is 2.22. The molecule has 9 heteroatoms. The summed E-state index contributed by atoms with van der Waals surface area (Å²) in [6.07, 6.45) is -0.580. The van der Waals surface area contributed by atoms with Gasteiger partial charge in [0.25, 0.3) is 11.2 Å². The molecule has 0 saturated carbocycles. The molecule has 0 saturated heterocycles. The van der Waals surface area contributed by atoms with Crippen molar-refractivity contribution < 1.29 is 19.2 Å². The summed E-state index contributed by atoms with van der Waals surface area (Å²) in [5.74, 6) is 0.0477. The molecular weight excluding hydrogens is 342 g/mol. The third-order valence-corrected chi connectivity index (χ3v) is 3.41. The van der Waals surface area contributed by atoms with Gasteiger partial charge in [0.2, 0.25) is 0 Å². The Balaban J connectivity index is 2.09. The fraction of sp³-hybridized carbons (Fsp3) is 0.412. The number of carbonyl (C=O) groups excluding carboxylic acids is 1. The molecule has 0 spiro atoms. The Morgan fingerprint density at radius 3 is 2.62 bits per heavy atom. The van der Waals surface area contributed by atoms with Gasteiger partial charge in [-0.05, 0) is 32.9 Å². The van der Waals surface area contributed by atoms with Crippen LogP contribution in [0.2, 0.25) is 0 Å². The number of nitro groups is 1. The molecule has 1 aromatic carbocycles. The number of amides is 1. The quantitative estimate of drug-likeness (QED) is 0.496. The topological polar surface area (TPSA) is 113 Å². The first-order valence-corrected chi connectivity index (χ1v) is 7.96. The maximum atomic E-state index is 12.3. The number of alkyl carbamates (subject to hydrolysis) is 1. The molecule has 26 heavy (non-hydrogen) atoms. The zero-order valence-corrected chi connectivity index (χ0v) is 15.1. The molecule has 0 aliphatic rings. The van der Waals surface area contributed by atoms with Gasteiger partial charge in [0.05, 0.1) is 17.0 Å². The van der Waals surface area contributed by atoms with E-state index < -0.39 is 16.6 Å². The Labute approximate surface area is 149 Å². The molecule has 0 bridgehead atoms. The third kappa shape index (κ3) is 4.71. The summed E-state index contributed by atoms with van der Waals surface area (Å²) >= 11 is 0. The van der Waals surface area contributed by atoms with E-state index in [9.17, 15) is 19.7 Å². The van der Waals surface area contributed by atoms with E-state index in [1.54, 1.807) is 27.8 Å². The van der Waals surface area contributed by atoms with Crippen molar-refractivity contribution in [2.24, 2.45) is 7.05 Å². The first-order valence-electron chi connectivity index (χ1n) is 7.96. The normalized spacial score (nSPS) is 11.2. The molecule has 1 amide bonds. The lowest BCUT2D eigenvalue weighted by atomic mass is 10.2. The Morgan fingerprint density at radius 1 is 1.31 bits per heavy atom. The minimum absolute atomic E-state index is 0.0477. The van der Waals surface area contributed by atoms with Crippen LogP contribution in [0.1, 0.15) is 20.8 Å². The SMILES string of the molecule is Cn1c(=O)c(OCCNC(=O)OC(C)(C)C)cc2cc([N+](=O)[O-])ccc21. The lowest BCUT2D eigenvalue weighted by molar-refractivity contribution is -0.384. The lowest BCUT2D eigenvalue weighted by Gasteiger charge is -2.19. The predicted octanol–water partition coefficient (Wildman–Crippen LogP) is 2.35. The van der Waals surface area contributed by atoms with Crippen LogP contribution in [0.5, 0.6) is 5.75 Å². The molecule has 1 aromatic heterocycles. The largest absolute Gasteiger partial charge is 0.486 e. The Kier molecular flexibility index (Phi) is 5.49. The molecule has 0 radical (unpaired) electrons. The second-order valence-electron chi connectivity index (χ2n) is 6.65. The first kappa shape index (κ1) is 19.2. The number of aromatic nitrogens is 1. The lowest BCUT2D eigenvalue weighted by Crippen LogP contribution is -2.35. The zero-order chi connectivity index (χ0) is 19.5. The van der Waals surface area contributed by atoms with Gasteiger partial charge in [-0.2, -0.15) is 0 Å². The molecular formula is C17H21N3O6. The molecule has 0 aliphatic heterocycles. The van der Waals surface area contributed by atoms with Crippen LogP contribution in [0.15, 0.2) is 29.1 Å². The van der Waals surface area contributed by atoms with Crippen molar-refractivity contribution >= 4 is 22.7 Å². The van der Waals surface area contributed by atoms with E-state index in [1.807, 2.05) is 0 Å². The number of carbonyl (C=O) groups is 1. The highest BCUT2D eigenvalue weighted by Gasteiger charge is 2.16. The fourth-order valence-electron chi connectivity index (χ4n) is 2.29. The van der Waals surface area contributed by atoms with Crippen molar-refractivity contribution in [3.8, 4) is 5.75 Å². The number of rotatable bonds is 5. The second-order valence-corrected chi connectivity index (χ2v) is 6.65. The van der Waals surface area contributed by atoms with Gasteiger partial charge >= 0.3 is 6.09 Å². The predicted molar refractivity (Wildman–Crippen MR) is 95.6 cm³/mol. The summed E-state index contributed by atoms with van der Waals surface area (Å²) in [5, 5.41) is 13.9. The standard InChI is InChI=1S/C17H21N3O6/c1-17(2,3)26-16(22)18-7-8-25-14-10-11-9-12(20(23)24)5-6-13(11)19(4)15(14)21/h5-6,9-10H,7-8H2,1-4H3,(H,18,22). The van der Waals surface area contributed by atoms with E-state index in [0.29, 0.717) is 10.9 Å². The number of pyridine rings is 1. The van der Waals surface area contributed by atoms with Crippen LogP contribution in [0.3, 0.4) is 0 Å². The van der Waals surface area contributed by atoms with E-state index >= 15 is 0 Å². The molecule has 2 aromatic rings. The maximum absolute atomic E-state index is 12.3. The Morgan fingerprint density at radius 2 is 2.00 bits per heavy atom. The highest BCUT2D eigenvalue weighted by atomic mass is 16.6. The van der Waals surface area contributed by atoms with E-state index in [1.165, 1.54) is 28.8 Å². The van der Waals surface area contributed by atoms with Crippen molar-refractivity contribution in [3.05, 3.63) is 44.7 Å². The van der Waals surface area contributed by atoms with Crippen LogP contribution in [-0.4, -0.2) is 34.3 Å². The van der Waals surface area contributed by atoms with Gasteiger partial charge in [-0.3, -0.25) is 14.9 Å². The fourth-order valence-corrected chi connectivity index (χ4v) is 2.29. The number of fused-ring (bicyclic) bond motifs is 1. The van der Waals surface area contributed by atoms with Crippen molar-refractivity contribution in [3.63, 3.8) is 0 Å². The monoisotopic (exact) mass is 363 g/mol. The van der Waals surface area contributed by atoms with Crippen molar-refractivity contribution in [1.29, 1.82) is 0 Å². The van der Waals surface area contributed by atoms with Gasteiger partial charge in [0.15, 0.2) is 5.75 Å². The second kappa shape index (κ2) is 7.42. The average molecular weight is 363 g/mol. The molecule has 0 unspecified atom stereocenters. The number of aryl methyl sites for hydroxylation is 1. The molecule has 0 aliphatic carbocycles. The van der Waals surface area contributed by atoms with Crippen LogP contribution in [0.4, 0.5) is 10.5 Å². The van der Waals surface area contributed by atoms with Crippen molar-refractivity contribution in [2.45, 2.75) is 26.4 Å². The summed E-state index contributed by atoms with van der Waals surface area (Å²) in [5.41, 5.74) is -0.495. The van der Waals surface area contributed by atoms with Gasteiger partial charge in [-0.15, -0.1) is 0 Å². The van der Waals surface area contributed by atoms with Gasteiger partial charge < -0.3 is 19.4 Å². The van der Waals surface area contributed by atoms with E-state index in [2.05, 4.69) is 5.32 Å². The molecule has 1 heterocycles. The number of nitro benzene ring substituents is 1. The van der Waals surface area contributed by atoms with Crippen LogP contribution >= 0.6 is 0 Å². The minimum Gasteiger partial charge on any atom is -0.486 e. The third-order valence-electron chi connectivity index (χ3n) is 3.41. The molecule has 2 rings (SSSR count). The van der Waals surface area contributed by atoms with E-state index in [-0.39, 0.29) is 30.1 Å². The number of nitrogens with one attached hydrogen (secondary N) is 1. The average Bonchev–Trinajstić information content (AvgIpc) is 2.53. The van der Waals surface area contributed by atoms with E-state index in [4.69, 9.17) is 9.47 Å². The Bertz CT molecular complexity index is 898. The van der Waals surface area contributed by atoms with Gasteiger partial charge in [0.1, 0.15) is 12.2 Å². The minimum atomic E-state index is -0.603. The highest BCUT2D eigenvalue weighted by molar-refractivity contribution is 5.82. The number of hydrogen-bond acceptors (Lipinski definition) is 6. The number of non-ortho nitro benzene ring substituents is 1. The summed E-state index contributed by atoms with van der Waals surface area (Å²) in [7, 11) is 1.56. The van der Waals surface area contributed by atoms with Crippen LogP contribution in [0, 0.1) is 10.1 Å². The molecule has 140 valence electrons. The number of hydrogen-bond donors (Lipinski definition) is 1. The summed E-state index contributed by atoms with van der Waals surface area (Å²) in [6, 6.07) is 5.69. The van der Waals surface area contributed by atoms with Crippen LogP contribution < -0.4 is 15.6 Å². The summed E-state index contributed by atoms with van der Waals surface area (Å²) in [6.45, 7) is 5.45. The number of ether oxygens (including phenoxy) is 2. The molecule has 9 nitrogen and oxygen atoms in total. The number of benzene rings is 1. The Hall–Kier alpha value is -3.10. The number of nitrogens with zero attached hydrogens (tertiary/aromatic N) is 2. The zero-order valence-electron chi connectivity index (χ0n) is 15.1. The molecule has 1 N–H and O–H groups in total. The van der Waals surface area contributed by atoms with Crippen LogP contribution in [-0.2, 0) is 11.8 Å². The van der Waals surface area contributed by atoms with Gasteiger partial charge in [-0.1, -0.05) is 0 Å². The summed E-state index contributed by atoms with van der Waals surface area (Å²) < 4.78 is 11.9. The van der Waals surface area contributed by atoms with Gasteiger partial charge in [-0.25, -0.2) is 4.79 Å². The smallest absolute Gasteiger partial charge is 0.407 e. The van der Waals surface area contributed by atoms with Crippen molar-refractivity contribution in [1.82, 2.24) is 9.88 Å². The van der Waals surface area contributed by atoms with E-state index in [0.717, 1.165) is 0 Å². The molecule has 0 fully saturated rings. The van der Waals surface area contributed by atoms with Crippen LogP contribution in [0.25, 0.3) is 10.9 Å². The van der Waals surface area contributed by atoms with Gasteiger partial charge in [0, 0.05) is 24.6 Å².